The van der Waals surface area contributed by atoms with Gasteiger partial charge in [0.15, 0.2) is 0 Å². The molecule has 0 spiro atoms. The first-order valence-electron chi connectivity index (χ1n) is 7.83. The summed E-state index contributed by atoms with van der Waals surface area (Å²) in [7, 11) is 0. The van der Waals surface area contributed by atoms with Gasteiger partial charge in [0, 0.05) is 10.6 Å². The number of aromatic nitrogens is 2. The highest BCUT2D eigenvalue weighted by atomic mass is 35.5. The van der Waals surface area contributed by atoms with E-state index < -0.39 is 0 Å². The van der Waals surface area contributed by atoms with E-state index in [4.69, 9.17) is 17.3 Å². The fourth-order valence-corrected chi connectivity index (χ4v) is 2.77. The number of hydrogen-bond acceptors (Lipinski definition) is 3. The number of halogens is 1. The molecule has 4 nitrogen and oxygen atoms in total. The van der Waals surface area contributed by atoms with Crippen molar-refractivity contribution in [2.75, 3.05) is 5.73 Å². The molecule has 0 aliphatic rings. The van der Waals surface area contributed by atoms with Crippen LogP contribution in [0.3, 0.4) is 0 Å². The summed E-state index contributed by atoms with van der Waals surface area (Å²) in [4.78, 5) is 4.42. The van der Waals surface area contributed by atoms with E-state index in [0.717, 1.165) is 22.2 Å². The average Bonchev–Trinajstić information content (AvgIpc) is 3.02. The Labute approximate surface area is 150 Å². The maximum atomic E-state index is 6.00. The Morgan fingerprint density at radius 3 is 2.52 bits per heavy atom. The van der Waals surface area contributed by atoms with E-state index in [1.54, 1.807) is 10.9 Å². The highest BCUT2D eigenvalue weighted by molar-refractivity contribution is 6.30. The van der Waals surface area contributed by atoms with E-state index in [2.05, 4.69) is 34.4 Å². The van der Waals surface area contributed by atoms with Gasteiger partial charge in [0.05, 0.1) is 18.1 Å². The van der Waals surface area contributed by atoms with Gasteiger partial charge in [-0.05, 0) is 34.5 Å². The third-order valence-corrected chi connectivity index (χ3v) is 4.21. The number of nitrogens with zero attached hydrogens (tertiary/aromatic N) is 3. The highest BCUT2D eigenvalue weighted by Crippen LogP contribution is 2.24. The van der Waals surface area contributed by atoms with Gasteiger partial charge in [-0.3, -0.25) is 0 Å². The first-order valence-corrected chi connectivity index (χ1v) is 8.21. The number of nitrogen functional groups attached to an aromatic ring is 1. The van der Waals surface area contributed by atoms with Crippen molar-refractivity contribution in [3.8, 4) is 11.3 Å². The minimum absolute atomic E-state index is 0.341. The molecule has 0 bridgehead atoms. The molecule has 0 radical (unpaired) electrons. The molecule has 122 valence electrons. The van der Waals surface area contributed by atoms with Crippen molar-refractivity contribution >= 4 is 34.5 Å². The second kappa shape index (κ2) is 6.42. The van der Waals surface area contributed by atoms with Crippen molar-refractivity contribution in [3.63, 3.8) is 0 Å². The Bertz CT molecular complexity index is 1060. The molecule has 0 unspecified atom stereocenters. The smallest absolute Gasteiger partial charge is 0.221 e. The standard InChI is InChI=1S/C20H15ClN4/c21-18-9-5-14(6-10-18)12-23-25-13-19(24-20(25)22)17-8-7-15-3-1-2-4-16(15)11-17/h1-13H,(H2,22,24). The fourth-order valence-electron chi connectivity index (χ4n) is 2.64. The predicted molar refractivity (Wildman–Crippen MR) is 104 cm³/mol. The molecule has 5 heteroatoms. The lowest BCUT2D eigenvalue weighted by molar-refractivity contribution is 0.898. The summed E-state index contributed by atoms with van der Waals surface area (Å²) < 4.78 is 1.57. The molecular weight excluding hydrogens is 332 g/mol. The average molecular weight is 347 g/mol. The fraction of sp³-hybridized carbons (Fsp3) is 0. The number of anilines is 1. The maximum absolute atomic E-state index is 6.00. The molecule has 25 heavy (non-hydrogen) atoms. The molecule has 0 saturated heterocycles. The molecule has 0 amide bonds. The van der Waals surface area contributed by atoms with E-state index >= 15 is 0 Å². The van der Waals surface area contributed by atoms with Gasteiger partial charge >= 0.3 is 0 Å². The van der Waals surface area contributed by atoms with Crippen LogP contribution in [0.1, 0.15) is 5.56 Å². The lowest BCUT2D eigenvalue weighted by Crippen LogP contribution is -1.96. The van der Waals surface area contributed by atoms with Gasteiger partial charge < -0.3 is 5.73 Å². The van der Waals surface area contributed by atoms with Crippen molar-refractivity contribution in [3.05, 3.63) is 83.5 Å². The van der Waals surface area contributed by atoms with Gasteiger partial charge in [-0.1, -0.05) is 60.1 Å². The molecule has 0 saturated carbocycles. The van der Waals surface area contributed by atoms with Gasteiger partial charge in [-0.2, -0.15) is 5.10 Å². The molecule has 0 aliphatic carbocycles. The molecule has 4 rings (SSSR count). The number of imidazole rings is 1. The van der Waals surface area contributed by atoms with Gasteiger partial charge in [-0.15, -0.1) is 0 Å². The third-order valence-electron chi connectivity index (χ3n) is 3.96. The summed E-state index contributed by atoms with van der Waals surface area (Å²) in [6.07, 6.45) is 3.55. The zero-order valence-electron chi connectivity index (χ0n) is 13.3. The Hall–Kier alpha value is -3.11. The molecular formula is C20H15ClN4. The lowest BCUT2D eigenvalue weighted by atomic mass is 10.1. The minimum atomic E-state index is 0.341. The van der Waals surface area contributed by atoms with E-state index in [1.807, 2.05) is 48.7 Å². The van der Waals surface area contributed by atoms with Crippen LogP contribution in [-0.2, 0) is 0 Å². The van der Waals surface area contributed by atoms with E-state index in [1.165, 1.54) is 5.39 Å². The molecule has 1 aromatic heterocycles. The van der Waals surface area contributed by atoms with Gasteiger partial charge in [0.25, 0.3) is 0 Å². The monoisotopic (exact) mass is 346 g/mol. The first kappa shape index (κ1) is 15.4. The van der Waals surface area contributed by atoms with Crippen molar-refractivity contribution in [1.82, 2.24) is 9.66 Å². The summed E-state index contributed by atoms with van der Waals surface area (Å²) >= 11 is 5.89. The zero-order valence-corrected chi connectivity index (χ0v) is 14.1. The molecule has 4 aromatic rings. The minimum Gasteiger partial charge on any atom is -0.368 e. The summed E-state index contributed by atoms with van der Waals surface area (Å²) in [6.45, 7) is 0. The van der Waals surface area contributed by atoms with Crippen LogP contribution in [0.25, 0.3) is 22.0 Å². The number of rotatable bonds is 3. The number of nitrogens with two attached hydrogens (primary N) is 1. The Morgan fingerprint density at radius 1 is 0.960 bits per heavy atom. The molecule has 3 aromatic carbocycles. The molecule has 0 fully saturated rings. The lowest BCUT2D eigenvalue weighted by Gasteiger charge is -2.00. The van der Waals surface area contributed by atoms with Crippen LogP contribution in [0.4, 0.5) is 5.95 Å². The number of benzene rings is 3. The van der Waals surface area contributed by atoms with E-state index in [9.17, 15) is 0 Å². The largest absolute Gasteiger partial charge is 0.368 e. The molecule has 0 atom stereocenters. The Balaban J connectivity index is 1.65. The predicted octanol–water partition coefficient (Wildman–Crippen LogP) is 4.82. The van der Waals surface area contributed by atoms with Crippen molar-refractivity contribution in [2.24, 2.45) is 5.10 Å². The summed E-state index contributed by atoms with van der Waals surface area (Å²) in [5, 5.41) is 7.43. The van der Waals surface area contributed by atoms with Crippen molar-refractivity contribution in [2.45, 2.75) is 0 Å². The Kier molecular flexibility index (Phi) is 3.96. The van der Waals surface area contributed by atoms with Crippen molar-refractivity contribution < 1.29 is 0 Å². The van der Waals surface area contributed by atoms with E-state index in [-0.39, 0.29) is 0 Å². The molecule has 1 heterocycles. The highest BCUT2D eigenvalue weighted by Gasteiger charge is 2.07. The van der Waals surface area contributed by atoms with E-state index in [0.29, 0.717) is 11.0 Å². The van der Waals surface area contributed by atoms with Crippen LogP contribution in [0.5, 0.6) is 0 Å². The van der Waals surface area contributed by atoms with Gasteiger partial charge in [0.2, 0.25) is 5.95 Å². The van der Waals surface area contributed by atoms with Crippen LogP contribution in [0, 0.1) is 0 Å². The first-order chi connectivity index (χ1) is 12.2. The van der Waals surface area contributed by atoms with Gasteiger partial charge in [0.1, 0.15) is 0 Å². The van der Waals surface area contributed by atoms with Crippen molar-refractivity contribution in [1.29, 1.82) is 0 Å². The second-order valence-electron chi connectivity index (χ2n) is 5.69. The number of fused-ring (bicyclic) bond motifs is 1. The maximum Gasteiger partial charge on any atom is 0.221 e. The topological polar surface area (TPSA) is 56.2 Å². The quantitative estimate of drug-likeness (QED) is 0.540. The summed E-state index contributed by atoms with van der Waals surface area (Å²) in [6, 6.07) is 21.9. The third kappa shape index (κ3) is 3.25. The molecule has 2 N–H and O–H groups in total. The van der Waals surface area contributed by atoms with Crippen LogP contribution in [-0.4, -0.2) is 15.9 Å². The van der Waals surface area contributed by atoms with Crippen LogP contribution in [0.15, 0.2) is 78.0 Å². The molecule has 0 aliphatic heterocycles. The van der Waals surface area contributed by atoms with Crippen LogP contribution in [0.2, 0.25) is 5.02 Å². The SMILES string of the molecule is Nc1nc(-c2ccc3ccccc3c2)cn1N=Cc1ccc(Cl)cc1. The number of hydrogen-bond donors (Lipinski definition) is 1. The van der Waals surface area contributed by atoms with Crippen LogP contribution < -0.4 is 5.73 Å². The normalized spacial score (nSPS) is 11.4. The zero-order chi connectivity index (χ0) is 17.2. The van der Waals surface area contributed by atoms with Crippen LogP contribution >= 0.6 is 11.6 Å². The summed E-state index contributed by atoms with van der Waals surface area (Å²) in [5.74, 6) is 0.341. The summed E-state index contributed by atoms with van der Waals surface area (Å²) in [5.41, 5.74) is 8.73. The van der Waals surface area contributed by atoms with Gasteiger partial charge in [-0.25, -0.2) is 9.66 Å². The second-order valence-corrected chi connectivity index (χ2v) is 6.12. The Morgan fingerprint density at radius 2 is 1.72 bits per heavy atom.